The van der Waals surface area contributed by atoms with Crippen molar-refractivity contribution < 1.29 is 4.39 Å². The fraction of sp³-hybridized carbons (Fsp3) is 0.333. The molecule has 2 aromatic carbocycles. The van der Waals surface area contributed by atoms with Crippen LogP contribution in [0.15, 0.2) is 48.5 Å². The Balaban J connectivity index is 1.67. The van der Waals surface area contributed by atoms with Crippen molar-refractivity contribution in [3.63, 3.8) is 0 Å². The van der Waals surface area contributed by atoms with E-state index in [4.69, 9.17) is 0 Å². The van der Waals surface area contributed by atoms with Gasteiger partial charge in [0.25, 0.3) is 0 Å². The van der Waals surface area contributed by atoms with E-state index in [0.29, 0.717) is 5.92 Å². The largest absolute Gasteiger partial charge is 0.385 e. The van der Waals surface area contributed by atoms with E-state index in [9.17, 15) is 4.39 Å². The third kappa shape index (κ3) is 3.42. The van der Waals surface area contributed by atoms with Crippen LogP contribution in [-0.4, -0.2) is 25.0 Å². The normalized spacial score (nSPS) is 17.4. The number of para-hydroxylation sites is 1. The van der Waals surface area contributed by atoms with Crippen LogP contribution in [0, 0.1) is 5.82 Å². The number of benzene rings is 2. The second-order valence-electron chi connectivity index (χ2n) is 5.83. The lowest BCUT2D eigenvalue weighted by Gasteiger charge is -2.30. The van der Waals surface area contributed by atoms with Crippen molar-refractivity contribution in [1.29, 1.82) is 0 Å². The third-order valence-electron chi connectivity index (χ3n) is 4.08. The molecular formula is C18H21FN2. The van der Waals surface area contributed by atoms with Crippen LogP contribution in [0.5, 0.6) is 0 Å². The highest BCUT2D eigenvalue weighted by atomic mass is 19.1. The van der Waals surface area contributed by atoms with E-state index in [-0.39, 0.29) is 5.82 Å². The minimum Gasteiger partial charge on any atom is -0.385 e. The maximum Gasteiger partial charge on any atom is 0.123 e. The fourth-order valence-corrected chi connectivity index (χ4v) is 3.13. The fourth-order valence-electron chi connectivity index (χ4n) is 3.13. The van der Waals surface area contributed by atoms with Crippen LogP contribution in [0.25, 0.3) is 0 Å². The average molecular weight is 284 g/mol. The molecule has 0 spiro atoms. The molecule has 1 atom stereocenters. The summed E-state index contributed by atoms with van der Waals surface area (Å²) in [6.45, 7) is 2.80. The summed E-state index contributed by atoms with van der Waals surface area (Å²) in [5.41, 5.74) is 3.68. The third-order valence-corrected chi connectivity index (χ3v) is 4.08. The number of halogens is 1. The molecule has 3 heteroatoms. The lowest BCUT2D eigenvalue weighted by Crippen LogP contribution is -2.28. The molecule has 21 heavy (non-hydrogen) atoms. The Morgan fingerprint density at radius 3 is 2.90 bits per heavy atom. The van der Waals surface area contributed by atoms with E-state index in [0.717, 1.165) is 31.6 Å². The first-order valence-electron chi connectivity index (χ1n) is 7.48. The molecule has 1 heterocycles. The SMILES string of the molecule is CN(Cc1cccc(F)c1)CC1CCNc2ccccc21. The average Bonchev–Trinajstić information content (AvgIpc) is 2.47. The van der Waals surface area contributed by atoms with Gasteiger partial charge in [-0.2, -0.15) is 0 Å². The topological polar surface area (TPSA) is 15.3 Å². The minimum absolute atomic E-state index is 0.159. The number of anilines is 1. The van der Waals surface area contributed by atoms with Gasteiger partial charge in [-0.05, 0) is 42.8 Å². The molecule has 0 saturated heterocycles. The zero-order valence-electron chi connectivity index (χ0n) is 12.3. The molecule has 0 aromatic heterocycles. The first-order valence-corrected chi connectivity index (χ1v) is 7.48. The van der Waals surface area contributed by atoms with Crippen molar-refractivity contribution in [3.8, 4) is 0 Å². The van der Waals surface area contributed by atoms with Crippen LogP contribution in [0.1, 0.15) is 23.5 Å². The second-order valence-corrected chi connectivity index (χ2v) is 5.83. The van der Waals surface area contributed by atoms with E-state index in [2.05, 4.69) is 41.5 Å². The molecule has 0 saturated carbocycles. The van der Waals surface area contributed by atoms with E-state index in [1.165, 1.54) is 17.3 Å². The zero-order chi connectivity index (χ0) is 14.7. The summed E-state index contributed by atoms with van der Waals surface area (Å²) >= 11 is 0. The predicted octanol–water partition coefficient (Wildman–Crippen LogP) is 3.86. The van der Waals surface area contributed by atoms with E-state index in [1.54, 1.807) is 12.1 Å². The number of rotatable bonds is 4. The molecule has 1 aliphatic heterocycles. The van der Waals surface area contributed by atoms with Crippen LogP contribution < -0.4 is 5.32 Å². The van der Waals surface area contributed by atoms with Gasteiger partial charge in [0, 0.05) is 31.2 Å². The molecule has 0 radical (unpaired) electrons. The zero-order valence-corrected chi connectivity index (χ0v) is 12.3. The van der Waals surface area contributed by atoms with Crippen molar-refractivity contribution in [1.82, 2.24) is 4.90 Å². The van der Waals surface area contributed by atoms with Crippen LogP contribution in [0.4, 0.5) is 10.1 Å². The molecule has 3 rings (SSSR count). The molecule has 0 bridgehead atoms. The molecular weight excluding hydrogens is 263 g/mol. The van der Waals surface area contributed by atoms with Crippen molar-refractivity contribution in [2.24, 2.45) is 0 Å². The van der Waals surface area contributed by atoms with Crippen LogP contribution >= 0.6 is 0 Å². The predicted molar refractivity (Wildman–Crippen MR) is 85.0 cm³/mol. The molecule has 0 fully saturated rings. The molecule has 2 nitrogen and oxygen atoms in total. The van der Waals surface area contributed by atoms with Gasteiger partial charge in [-0.25, -0.2) is 4.39 Å². The Labute approximate surface area is 125 Å². The molecule has 1 aliphatic rings. The second kappa shape index (κ2) is 6.27. The minimum atomic E-state index is -0.159. The molecule has 1 N–H and O–H groups in total. The maximum atomic E-state index is 13.2. The lowest BCUT2D eigenvalue weighted by molar-refractivity contribution is 0.297. The summed E-state index contributed by atoms with van der Waals surface area (Å²) < 4.78 is 13.2. The van der Waals surface area contributed by atoms with Gasteiger partial charge in [0.15, 0.2) is 0 Å². The number of likely N-dealkylation sites (N-methyl/N-ethyl adjacent to an activating group) is 1. The van der Waals surface area contributed by atoms with Gasteiger partial charge in [-0.15, -0.1) is 0 Å². The van der Waals surface area contributed by atoms with Crippen molar-refractivity contribution in [2.45, 2.75) is 18.9 Å². The van der Waals surface area contributed by atoms with E-state index in [1.807, 2.05) is 6.07 Å². The number of hydrogen-bond donors (Lipinski definition) is 1. The van der Waals surface area contributed by atoms with E-state index < -0.39 is 0 Å². The summed E-state index contributed by atoms with van der Waals surface area (Å²) in [4.78, 5) is 2.28. The molecule has 0 amide bonds. The summed E-state index contributed by atoms with van der Waals surface area (Å²) in [6.07, 6.45) is 1.14. The van der Waals surface area contributed by atoms with Gasteiger partial charge >= 0.3 is 0 Å². The van der Waals surface area contributed by atoms with Crippen molar-refractivity contribution in [2.75, 3.05) is 25.5 Å². The van der Waals surface area contributed by atoms with Gasteiger partial charge in [0.2, 0.25) is 0 Å². The maximum absolute atomic E-state index is 13.2. The highest BCUT2D eigenvalue weighted by Crippen LogP contribution is 2.31. The monoisotopic (exact) mass is 284 g/mol. The highest BCUT2D eigenvalue weighted by Gasteiger charge is 2.20. The molecule has 1 unspecified atom stereocenters. The summed E-state index contributed by atoms with van der Waals surface area (Å²) in [7, 11) is 2.11. The standard InChI is InChI=1S/C18H21FN2/c1-21(12-14-5-4-6-16(19)11-14)13-15-9-10-20-18-8-3-2-7-17(15)18/h2-8,11,15,20H,9-10,12-13H2,1H3. The van der Waals surface area contributed by atoms with Gasteiger partial charge in [0.1, 0.15) is 5.82 Å². The number of nitrogens with one attached hydrogen (secondary N) is 1. The first kappa shape index (κ1) is 14.1. The van der Waals surface area contributed by atoms with Gasteiger partial charge in [-0.1, -0.05) is 30.3 Å². The Morgan fingerprint density at radius 2 is 2.05 bits per heavy atom. The molecule has 2 aromatic rings. The lowest BCUT2D eigenvalue weighted by atomic mass is 9.90. The number of fused-ring (bicyclic) bond motifs is 1. The summed E-state index contributed by atoms with van der Waals surface area (Å²) in [5.74, 6) is 0.383. The summed E-state index contributed by atoms with van der Waals surface area (Å²) in [5, 5.41) is 3.45. The van der Waals surface area contributed by atoms with Crippen LogP contribution in [0.3, 0.4) is 0 Å². The van der Waals surface area contributed by atoms with Crippen LogP contribution in [-0.2, 0) is 6.54 Å². The quantitative estimate of drug-likeness (QED) is 0.917. The van der Waals surface area contributed by atoms with Crippen molar-refractivity contribution in [3.05, 3.63) is 65.5 Å². The molecule has 110 valence electrons. The van der Waals surface area contributed by atoms with Crippen LogP contribution in [0.2, 0.25) is 0 Å². The van der Waals surface area contributed by atoms with E-state index >= 15 is 0 Å². The van der Waals surface area contributed by atoms with Gasteiger partial charge in [-0.3, -0.25) is 0 Å². The Hall–Kier alpha value is -1.87. The first-order chi connectivity index (χ1) is 10.2. The van der Waals surface area contributed by atoms with Crippen molar-refractivity contribution >= 4 is 5.69 Å². The Bertz CT molecular complexity index is 612. The number of hydrogen-bond acceptors (Lipinski definition) is 2. The van der Waals surface area contributed by atoms with Gasteiger partial charge < -0.3 is 10.2 Å². The Morgan fingerprint density at radius 1 is 1.19 bits per heavy atom. The van der Waals surface area contributed by atoms with Gasteiger partial charge in [0.05, 0.1) is 0 Å². The number of nitrogens with zero attached hydrogens (tertiary/aromatic N) is 1. The summed E-state index contributed by atoms with van der Waals surface area (Å²) in [6, 6.07) is 15.4. The Kier molecular flexibility index (Phi) is 4.20. The smallest absolute Gasteiger partial charge is 0.123 e. The highest BCUT2D eigenvalue weighted by molar-refractivity contribution is 5.54. The molecule has 0 aliphatic carbocycles.